The third kappa shape index (κ3) is 2.68. The van der Waals surface area contributed by atoms with E-state index >= 15 is 0 Å². The highest BCUT2D eigenvalue weighted by Crippen LogP contribution is 2.11. The Morgan fingerprint density at radius 2 is 2.16 bits per heavy atom. The average Bonchev–Trinajstić information content (AvgIpc) is 2.35. The van der Waals surface area contributed by atoms with E-state index < -0.39 is 17.3 Å². The number of nitrogens with two attached hydrogens (primary N) is 1. The number of H-pyrrole nitrogens is 1. The van der Waals surface area contributed by atoms with Crippen LogP contribution in [0, 0.1) is 0 Å². The number of benzene rings is 1. The molecule has 1 heterocycles. The minimum absolute atomic E-state index is 0.174. The molecule has 8 nitrogen and oxygen atoms in total. The fraction of sp³-hybridized carbons (Fsp3) is 0.0909. The molecule has 0 radical (unpaired) electrons. The molecule has 0 aliphatic carbocycles. The van der Waals surface area contributed by atoms with Gasteiger partial charge in [-0.25, -0.2) is 15.0 Å². The number of urea groups is 1. The minimum Gasteiger partial charge on any atom is -0.409 e. The number of hydrazone groups is 1. The molecular formula is C11H10N4O4. The monoisotopic (exact) mass is 262 g/mol. The fourth-order valence-electron chi connectivity index (χ4n) is 1.51. The smallest absolute Gasteiger partial charge is 0.409 e. The number of aromatic amines is 1. The lowest BCUT2D eigenvalue weighted by Crippen LogP contribution is -2.25. The molecule has 0 saturated heterocycles. The van der Waals surface area contributed by atoms with Crippen molar-refractivity contribution in [2.75, 3.05) is 0 Å². The van der Waals surface area contributed by atoms with Gasteiger partial charge in [0.15, 0.2) is 0 Å². The Kier molecular flexibility index (Phi) is 3.15. The third-order valence-corrected chi connectivity index (χ3v) is 2.39. The van der Waals surface area contributed by atoms with E-state index in [1.807, 2.05) is 4.98 Å². The predicted molar refractivity (Wildman–Crippen MR) is 68.0 cm³/mol. The second-order valence-electron chi connectivity index (χ2n) is 3.73. The number of primary amides is 1. The SMILES string of the molecule is CC(=NNC(N)=O)c1ccc2oc(=O)[nH]c(=O)c2c1. The second-order valence-corrected chi connectivity index (χ2v) is 3.73. The summed E-state index contributed by atoms with van der Waals surface area (Å²) in [6.07, 6.45) is 0. The van der Waals surface area contributed by atoms with Crippen LogP contribution in [0.3, 0.4) is 0 Å². The molecule has 19 heavy (non-hydrogen) atoms. The summed E-state index contributed by atoms with van der Waals surface area (Å²) in [6, 6.07) is 3.79. The molecule has 0 aliphatic heterocycles. The van der Waals surface area contributed by atoms with Crippen molar-refractivity contribution in [3.8, 4) is 0 Å². The van der Waals surface area contributed by atoms with Gasteiger partial charge >= 0.3 is 11.8 Å². The first-order valence-electron chi connectivity index (χ1n) is 5.24. The number of fused-ring (bicyclic) bond motifs is 1. The van der Waals surface area contributed by atoms with Crippen LogP contribution in [0.2, 0.25) is 0 Å². The summed E-state index contributed by atoms with van der Waals surface area (Å²) in [5.74, 6) is -0.814. The van der Waals surface area contributed by atoms with Gasteiger partial charge in [0, 0.05) is 0 Å². The molecule has 0 bridgehead atoms. The van der Waals surface area contributed by atoms with Crippen LogP contribution in [0.4, 0.5) is 4.79 Å². The molecule has 0 fully saturated rings. The number of hydrogen-bond donors (Lipinski definition) is 3. The van der Waals surface area contributed by atoms with Gasteiger partial charge in [-0.1, -0.05) is 0 Å². The van der Waals surface area contributed by atoms with Crippen molar-refractivity contribution in [1.82, 2.24) is 10.4 Å². The normalized spacial score (nSPS) is 11.5. The van der Waals surface area contributed by atoms with Crippen LogP contribution in [0.15, 0.2) is 37.3 Å². The summed E-state index contributed by atoms with van der Waals surface area (Å²) >= 11 is 0. The van der Waals surface area contributed by atoms with Gasteiger partial charge in [0.2, 0.25) is 0 Å². The molecule has 2 aromatic rings. The van der Waals surface area contributed by atoms with E-state index in [0.717, 1.165) is 0 Å². The zero-order valence-electron chi connectivity index (χ0n) is 9.89. The summed E-state index contributed by atoms with van der Waals surface area (Å²) in [6.45, 7) is 1.63. The molecular weight excluding hydrogens is 252 g/mol. The summed E-state index contributed by atoms with van der Waals surface area (Å²) in [5, 5.41) is 3.95. The van der Waals surface area contributed by atoms with Crippen molar-refractivity contribution >= 4 is 22.7 Å². The van der Waals surface area contributed by atoms with Crippen molar-refractivity contribution < 1.29 is 9.21 Å². The zero-order valence-corrected chi connectivity index (χ0v) is 9.89. The maximum absolute atomic E-state index is 11.6. The number of aromatic nitrogens is 1. The van der Waals surface area contributed by atoms with Gasteiger partial charge < -0.3 is 10.2 Å². The van der Waals surface area contributed by atoms with E-state index in [2.05, 4.69) is 10.5 Å². The van der Waals surface area contributed by atoms with E-state index in [1.165, 1.54) is 12.1 Å². The standard InChI is InChI=1S/C11H10N4O4/c1-5(14-15-10(12)17)6-2-3-8-7(4-6)9(16)13-11(18)19-8/h2-4H,1H3,(H3,12,15,17)(H,13,16,18). The second kappa shape index (κ2) is 4.77. The highest BCUT2D eigenvalue weighted by molar-refractivity contribution is 6.01. The highest BCUT2D eigenvalue weighted by atomic mass is 16.4. The summed E-state index contributed by atoms with van der Waals surface area (Å²) in [4.78, 5) is 35.1. The number of amides is 2. The van der Waals surface area contributed by atoms with Crippen molar-refractivity contribution in [2.24, 2.45) is 10.8 Å². The van der Waals surface area contributed by atoms with E-state index in [-0.39, 0.29) is 11.0 Å². The lowest BCUT2D eigenvalue weighted by Gasteiger charge is -2.02. The summed E-state index contributed by atoms with van der Waals surface area (Å²) < 4.78 is 4.83. The number of hydrogen-bond acceptors (Lipinski definition) is 5. The van der Waals surface area contributed by atoms with Crippen LogP contribution in [0.5, 0.6) is 0 Å². The number of carbonyl (C=O) groups excluding carboxylic acids is 1. The largest absolute Gasteiger partial charge is 0.419 e. The molecule has 1 aromatic heterocycles. The number of nitrogens with one attached hydrogen (secondary N) is 2. The van der Waals surface area contributed by atoms with Gasteiger partial charge in [0.25, 0.3) is 5.56 Å². The van der Waals surface area contributed by atoms with Gasteiger partial charge in [0.05, 0.1) is 11.1 Å². The molecule has 0 aliphatic rings. The summed E-state index contributed by atoms with van der Waals surface area (Å²) in [5.41, 5.74) is 7.63. The third-order valence-electron chi connectivity index (χ3n) is 2.39. The molecule has 4 N–H and O–H groups in total. The van der Waals surface area contributed by atoms with Crippen LogP contribution in [0.1, 0.15) is 12.5 Å². The van der Waals surface area contributed by atoms with Gasteiger partial charge in [-0.05, 0) is 30.7 Å². The van der Waals surface area contributed by atoms with Gasteiger partial charge in [0.1, 0.15) is 5.58 Å². The van der Waals surface area contributed by atoms with E-state index in [0.29, 0.717) is 11.3 Å². The van der Waals surface area contributed by atoms with Crippen LogP contribution < -0.4 is 22.5 Å². The Bertz CT molecular complexity index is 787. The van der Waals surface area contributed by atoms with Crippen molar-refractivity contribution in [3.05, 3.63) is 44.7 Å². The molecule has 1 aromatic carbocycles. The average molecular weight is 262 g/mol. The Labute approximate surface area is 105 Å². The van der Waals surface area contributed by atoms with Crippen LogP contribution in [-0.2, 0) is 0 Å². The molecule has 2 amide bonds. The van der Waals surface area contributed by atoms with Gasteiger partial charge in [-0.3, -0.25) is 9.78 Å². The predicted octanol–water partition coefficient (Wildman–Crippen LogP) is -0.126. The first-order valence-corrected chi connectivity index (χ1v) is 5.24. The minimum atomic E-state index is -0.814. The van der Waals surface area contributed by atoms with Gasteiger partial charge in [-0.15, -0.1) is 0 Å². The van der Waals surface area contributed by atoms with E-state index in [4.69, 9.17) is 10.2 Å². The number of nitrogens with zero attached hydrogens (tertiary/aromatic N) is 1. The van der Waals surface area contributed by atoms with Gasteiger partial charge in [-0.2, -0.15) is 5.10 Å². The Morgan fingerprint density at radius 3 is 2.84 bits per heavy atom. The van der Waals surface area contributed by atoms with Crippen LogP contribution in [0.25, 0.3) is 11.0 Å². The van der Waals surface area contributed by atoms with Crippen LogP contribution in [-0.4, -0.2) is 16.7 Å². The maximum Gasteiger partial charge on any atom is 0.419 e. The first kappa shape index (κ1) is 12.6. The molecule has 8 heteroatoms. The van der Waals surface area contributed by atoms with Crippen LogP contribution >= 0.6 is 0 Å². The van der Waals surface area contributed by atoms with Crippen molar-refractivity contribution in [1.29, 1.82) is 0 Å². The van der Waals surface area contributed by atoms with E-state index in [1.54, 1.807) is 13.0 Å². The quantitative estimate of drug-likeness (QED) is 0.514. The summed E-state index contributed by atoms with van der Waals surface area (Å²) in [7, 11) is 0. The first-order chi connectivity index (χ1) is 8.97. The topological polar surface area (TPSA) is 131 Å². The lowest BCUT2D eigenvalue weighted by atomic mass is 10.1. The molecule has 0 spiro atoms. The number of rotatable bonds is 2. The molecule has 0 atom stereocenters. The highest BCUT2D eigenvalue weighted by Gasteiger charge is 2.06. The molecule has 2 rings (SSSR count). The fourth-order valence-corrected chi connectivity index (χ4v) is 1.51. The Hall–Kier alpha value is -2.90. The van der Waals surface area contributed by atoms with Crippen molar-refractivity contribution in [3.63, 3.8) is 0 Å². The van der Waals surface area contributed by atoms with Crippen molar-refractivity contribution in [2.45, 2.75) is 6.92 Å². The maximum atomic E-state index is 11.6. The zero-order chi connectivity index (χ0) is 14.0. The molecule has 0 unspecified atom stereocenters. The molecule has 0 saturated carbocycles. The molecule has 98 valence electrons. The Morgan fingerprint density at radius 1 is 1.42 bits per heavy atom. The van der Waals surface area contributed by atoms with E-state index in [9.17, 15) is 14.4 Å². The number of carbonyl (C=O) groups is 1. The lowest BCUT2D eigenvalue weighted by molar-refractivity contribution is 0.249. The Balaban J connectivity index is 2.53.